The molecule has 0 saturated heterocycles. The molecule has 3 N–H and O–H groups in total. The molecule has 41 heavy (non-hydrogen) atoms. The zero-order chi connectivity index (χ0) is 29.2. The predicted octanol–water partition coefficient (Wildman–Crippen LogP) is 8.38. The highest BCUT2D eigenvalue weighted by Crippen LogP contribution is 2.30. The van der Waals surface area contributed by atoms with E-state index >= 15 is 0 Å². The third-order valence-electron chi connectivity index (χ3n) is 6.29. The Morgan fingerprint density at radius 3 is 1.68 bits per heavy atom. The number of nitrogens with two attached hydrogens (primary N) is 1. The summed E-state index contributed by atoms with van der Waals surface area (Å²) in [6.45, 7) is 0. The van der Waals surface area contributed by atoms with Crippen LogP contribution in [-0.2, 0) is 0 Å². The maximum atomic E-state index is 5.69. The van der Waals surface area contributed by atoms with Gasteiger partial charge in [-0.3, -0.25) is 9.97 Å². The number of halogens is 1. The molecule has 7 heteroatoms. The van der Waals surface area contributed by atoms with Gasteiger partial charge >= 0.3 is 0 Å². The highest BCUT2D eigenvalue weighted by molar-refractivity contribution is 9.10. The first-order chi connectivity index (χ1) is 19.8. The van der Waals surface area contributed by atoms with Gasteiger partial charge in [0.15, 0.2) is 0 Å². The zero-order valence-corrected chi connectivity index (χ0v) is 25.4. The summed E-state index contributed by atoms with van der Waals surface area (Å²) in [5.74, 6) is 0. The van der Waals surface area contributed by atoms with Gasteiger partial charge in [0.25, 0.3) is 0 Å². The predicted molar refractivity (Wildman–Crippen MR) is 180 cm³/mol. The van der Waals surface area contributed by atoms with Crippen LogP contribution in [0.1, 0.15) is 0 Å². The Hall–Kier alpha value is -4.62. The molecule has 6 aromatic rings. The molecule has 6 rings (SSSR count). The highest BCUT2D eigenvalue weighted by atomic mass is 79.9. The fourth-order valence-electron chi connectivity index (χ4n) is 4.26. The highest BCUT2D eigenvalue weighted by Gasteiger charge is 2.06. The second-order valence-electron chi connectivity index (χ2n) is 9.69. The minimum atomic E-state index is 0.739. The number of rotatable bonds is 4. The van der Waals surface area contributed by atoms with Crippen LogP contribution in [0.15, 0.2) is 126 Å². The number of aromatic nitrogens is 2. The topological polar surface area (TPSA) is 70.3 Å². The van der Waals surface area contributed by atoms with Crippen molar-refractivity contribution in [1.29, 1.82) is 0 Å². The summed E-state index contributed by atoms with van der Waals surface area (Å²) in [7, 11) is 8.14. The van der Waals surface area contributed by atoms with E-state index in [1.165, 1.54) is 5.69 Å². The molecule has 2 aromatic heterocycles. The van der Waals surface area contributed by atoms with Crippen LogP contribution in [0.4, 0.5) is 28.4 Å². The summed E-state index contributed by atoms with van der Waals surface area (Å²) in [5.41, 5.74) is 12.8. The van der Waals surface area contributed by atoms with E-state index in [9.17, 15) is 0 Å². The van der Waals surface area contributed by atoms with Crippen molar-refractivity contribution in [3.05, 3.63) is 126 Å². The van der Waals surface area contributed by atoms with E-state index in [0.717, 1.165) is 49.0 Å². The lowest BCUT2D eigenvalue weighted by Gasteiger charge is -2.18. The Labute approximate surface area is 250 Å². The number of fused-ring (bicyclic) bond motifs is 2. The lowest BCUT2D eigenvalue weighted by Crippen LogP contribution is -2.10. The van der Waals surface area contributed by atoms with Gasteiger partial charge in [-0.25, -0.2) is 0 Å². The molecule has 6 nitrogen and oxygen atoms in total. The normalized spacial score (nSPS) is 10.2. The fourth-order valence-corrected chi connectivity index (χ4v) is 4.90. The summed E-state index contributed by atoms with van der Waals surface area (Å²) >= 11 is 3.46. The van der Waals surface area contributed by atoms with Crippen molar-refractivity contribution in [1.82, 2.24) is 9.97 Å². The van der Waals surface area contributed by atoms with E-state index < -0.39 is 0 Å². The van der Waals surface area contributed by atoms with Gasteiger partial charge in [0.1, 0.15) is 0 Å². The molecule has 0 spiro atoms. The van der Waals surface area contributed by atoms with E-state index in [1.807, 2.05) is 107 Å². The molecule has 0 fully saturated rings. The Morgan fingerprint density at radius 1 is 0.561 bits per heavy atom. The maximum absolute atomic E-state index is 5.69. The Kier molecular flexibility index (Phi) is 10.1. The number of anilines is 5. The number of pyridine rings is 2. The Bertz CT molecular complexity index is 1710. The van der Waals surface area contributed by atoms with Crippen LogP contribution in [0.25, 0.3) is 21.8 Å². The first-order valence-electron chi connectivity index (χ1n) is 13.2. The molecule has 4 aromatic carbocycles. The first kappa shape index (κ1) is 29.4. The second kappa shape index (κ2) is 14.1. The fraction of sp³-hybridized carbons (Fsp3) is 0.118. The van der Waals surface area contributed by atoms with Crippen molar-refractivity contribution in [2.24, 2.45) is 0 Å². The van der Waals surface area contributed by atoms with Gasteiger partial charge in [0.2, 0.25) is 0 Å². The second-order valence-corrected chi connectivity index (χ2v) is 10.5. The van der Waals surface area contributed by atoms with Crippen molar-refractivity contribution in [3.63, 3.8) is 0 Å². The van der Waals surface area contributed by atoms with Crippen LogP contribution in [0.2, 0.25) is 0 Å². The van der Waals surface area contributed by atoms with Crippen molar-refractivity contribution in [3.8, 4) is 0 Å². The molecule has 0 bridgehead atoms. The van der Waals surface area contributed by atoms with Crippen LogP contribution >= 0.6 is 15.9 Å². The number of hydrogen-bond donors (Lipinski definition) is 2. The number of benzene rings is 4. The number of nitrogens with one attached hydrogen (secondary N) is 1. The van der Waals surface area contributed by atoms with Crippen molar-refractivity contribution in [2.75, 3.05) is 49.0 Å². The molecule has 0 radical (unpaired) electrons. The molecule has 0 aliphatic rings. The maximum Gasteiger partial charge on any atom is 0.0936 e. The van der Waals surface area contributed by atoms with Gasteiger partial charge in [-0.1, -0.05) is 60.7 Å². The van der Waals surface area contributed by atoms with E-state index in [2.05, 4.69) is 77.4 Å². The van der Waals surface area contributed by atoms with Gasteiger partial charge in [-0.05, 0) is 64.5 Å². The molecule has 0 amide bonds. The van der Waals surface area contributed by atoms with Crippen LogP contribution in [0, 0.1) is 0 Å². The van der Waals surface area contributed by atoms with Gasteiger partial charge in [0.05, 0.1) is 39.5 Å². The van der Waals surface area contributed by atoms with E-state index in [4.69, 9.17) is 5.73 Å². The van der Waals surface area contributed by atoms with Gasteiger partial charge in [0, 0.05) is 55.8 Å². The monoisotopic (exact) mass is 606 g/mol. The molecule has 0 aliphatic carbocycles. The standard InChI is InChI=1S/C17H17N3.C9H8N2.C8H10BrN/c1-20(2)16-11-4-3-9-14(16)19-15-10-5-7-13-8-6-12-18-17(13)15;10-8-5-1-3-7-4-2-6-11-9(7)8;1-10(2)8-6-4-3-5-7(8)9/h3-12,19H,1-2H3;1-6H,10H2;3-6H,1-2H3. The third-order valence-corrected chi connectivity index (χ3v) is 6.96. The van der Waals surface area contributed by atoms with Crippen molar-refractivity contribution in [2.45, 2.75) is 0 Å². The number of nitrogen functional groups attached to an aromatic ring is 1. The van der Waals surface area contributed by atoms with E-state index in [0.29, 0.717) is 0 Å². The van der Waals surface area contributed by atoms with Crippen LogP contribution < -0.4 is 20.9 Å². The first-order valence-corrected chi connectivity index (χ1v) is 14.0. The van der Waals surface area contributed by atoms with Crippen LogP contribution in [0.3, 0.4) is 0 Å². The van der Waals surface area contributed by atoms with E-state index in [-0.39, 0.29) is 0 Å². The molecule has 0 unspecified atom stereocenters. The lowest BCUT2D eigenvalue weighted by atomic mass is 10.1. The summed E-state index contributed by atoms with van der Waals surface area (Å²) in [4.78, 5) is 12.8. The van der Waals surface area contributed by atoms with Gasteiger partial charge < -0.3 is 20.9 Å². The van der Waals surface area contributed by atoms with Gasteiger partial charge in [-0.2, -0.15) is 0 Å². The van der Waals surface area contributed by atoms with Crippen molar-refractivity contribution < 1.29 is 0 Å². The summed E-state index contributed by atoms with van der Waals surface area (Å²) in [6.07, 6.45) is 3.57. The molecular formula is C34H35BrN6. The average Bonchev–Trinajstić information content (AvgIpc) is 2.99. The zero-order valence-electron chi connectivity index (χ0n) is 23.8. The molecule has 2 heterocycles. The molecule has 208 valence electrons. The number of para-hydroxylation sites is 5. The van der Waals surface area contributed by atoms with Gasteiger partial charge in [-0.15, -0.1) is 0 Å². The number of nitrogens with zero attached hydrogens (tertiary/aromatic N) is 4. The largest absolute Gasteiger partial charge is 0.397 e. The Balaban J connectivity index is 0.000000156. The van der Waals surface area contributed by atoms with Crippen LogP contribution in [-0.4, -0.2) is 38.2 Å². The molecular weight excluding hydrogens is 572 g/mol. The summed E-state index contributed by atoms with van der Waals surface area (Å²) in [5, 5.41) is 5.72. The summed E-state index contributed by atoms with van der Waals surface area (Å²) in [6, 6.07) is 36.3. The van der Waals surface area contributed by atoms with Crippen LogP contribution in [0.5, 0.6) is 0 Å². The summed E-state index contributed by atoms with van der Waals surface area (Å²) < 4.78 is 1.14. The number of hydrogen-bond acceptors (Lipinski definition) is 6. The minimum Gasteiger partial charge on any atom is -0.397 e. The smallest absolute Gasteiger partial charge is 0.0936 e. The molecule has 0 saturated carbocycles. The average molecular weight is 608 g/mol. The quantitative estimate of drug-likeness (QED) is 0.196. The molecule has 0 atom stereocenters. The SMILES string of the molecule is CN(C)c1ccccc1Br.CN(C)c1ccccc1Nc1cccc2cccnc12.Nc1cccc2cccnc12. The lowest BCUT2D eigenvalue weighted by molar-refractivity contribution is 1.12. The minimum absolute atomic E-state index is 0.739. The van der Waals surface area contributed by atoms with Crippen molar-refractivity contribution >= 4 is 66.2 Å². The van der Waals surface area contributed by atoms with E-state index in [1.54, 1.807) is 6.20 Å². The molecule has 0 aliphatic heterocycles. The third kappa shape index (κ3) is 7.74. The Morgan fingerprint density at radius 2 is 1.07 bits per heavy atom.